The summed E-state index contributed by atoms with van der Waals surface area (Å²) < 4.78 is 13.5. The van der Waals surface area contributed by atoms with Crippen LogP contribution in [0.3, 0.4) is 0 Å². The first-order valence-electron chi connectivity index (χ1n) is 15.2. The summed E-state index contributed by atoms with van der Waals surface area (Å²) in [6, 6.07) is 13.7. The molecule has 6 rings (SSSR count). The summed E-state index contributed by atoms with van der Waals surface area (Å²) in [6.45, 7) is 13.4. The minimum Gasteiger partial charge on any atom is -0.383 e. The predicted octanol–water partition coefficient (Wildman–Crippen LogP) is 4.36. The van der Waals surface area contributed by atoms with Crippen LogP contribution in [-0.2, 0) is 19.9 Å². The van der Waals surface area contributed by atoms with E-state index in [0.29, 0.717) is 6.04 Å². The molecule has 4 heterocycles. The van der Waals surface area contributed by atoms with E-state index in [1.54, 1.807) is 7.11 Å². The maximum absolute atomic E-state index is 12.9. The molecule has 9 heteroatoms. The molecule has 2 saturated heterocycles. The number of nitrogens with zero attached hydrogens (tertiary/aromatic N) is 6. The molecule has 0 radical (unpaired) electrons. The van der Waals surface area contributed by atoms with Crippen LogP contribution in [0.1, 0.15) is 38.2 Å². The van der Waals surface area contributed by atoms with Crippen molar-refractivity contribution in [2.75, 3.05) is 65.0 Å². The van der Waals surface area contributed by atoms with Crippen molar-refractivity contribution in [2.45, 2.75) is 50.3 Å². The number of anilines is 1. The quantitative estimate of drug-likeness (QED) is 0.400. The highest BCUT2D eigenvalue weighted by Gasteiger charge is 2.43. The maximum atomic E-state index is 12.9. The van der Waals surface area contributed by atoms with Gasteiger partial charge in [-0.25, -0.2) is 4.52 Å². The third-order valence-electron chi connectivity index (χ3n) is 9.86. The van der Waals surface area contributed by atoms with Gasteiger partial charge in [0.15, 0.2) is 0 Å². The summed E-state index contributed by atoms with van der Waals surface area (Å²) in [5.41, 5.74) is 5.50. The Morgan fingerprint density at radius 3 is 2.40 bits per heavy atom. The van der Waals surface area contributed by atoms with E-state index in [2.05, 4.69) is 69.3 Å². The molecule has 9 nitrogen and oxygen atoms in total. The Morgan fingerprint density at radius 2 is 1.76 bits per heavy atom. The molecule has 42 heavy (non-hydrogen) atoms. The monoisotopic (exact) mass is 571 g/mol. The molecular weight excluding hydrogens is 528 g/mol. The number of ether oxygens (including phenoxy) is 2. The number of fused-ring (bicyclic) bond motifs is 1. The van der Waals surface area contributed by atoms with Gasteiger partial charge in [-0.3, -0.25) is 9.69 Å². The second-order valence-corrected chi connectivity index (χ2v) is 12.2. The Labute approximate surface area is 248 Å². The average molecular weight is 572 g/mol. The number of hydrogen-bond acceptors (Lipinski definition) is 6. The number of rotatable bonds is 8. The first kappa shape index (κ1) is 28.7. The molecule has 222 valence electrons. The molecule has 0 N–H and O–H groups in total. The third kappa shape index (κ3) is 5.39. The molecule has 1 amide bonds. The summed E-state index contributed by atoms with van der Waals surface area (Å²) in [4.78, 5) is 23.6. The number of methoxy groups -OCH3 is 2. The zero-order valence-corrected chi connectivity index (χ0v) is 25.1. The largest absolute Gasteiger partial charge is 0.383 e. The molecule has 3 aliphatic rings. The molecule has 1 saturated carbocycles. The predicted molar refractivity (Wildman–Crippen MR) is 165 cm³/mol. The summed E-state index contributed by atoms with van der Waals surface area (Å²) in [5, 5.41) is 4.61. The normalized spacial score (nSPS) is 23.4. The van der Waals surface area contributed by atoms with Crippen molar-refractivity contribution in [1.29, 1.82) is 0 Å². The van der Waals surface area contributed by atoms with Gasteiger partial charge < -0.3 is 19.3 Å². The molecule has 0 spiro atoms. The van der Waals surface area contributed by atoms with Crippen molar-refractivity contribution in [3.05, 3.63) is 59.2 Å². The van der Waals surface area contributed by atoms with Crippen molar-refractivity contribution in [1.82, 2.24) is 19.4 Å². The van der Waals surface area contributed by atoms with Gasteiger partial charge in [0.2, 0.25) is 5.91 Å². The second kappa shape index (κ2) is 12.0. The van der Waals surface area contributed by atoms with Gasteiger partial charge in [-0.05, 0) is 43.0 Å². The number of piperidine rings is 1. The Hall–Kier alpha value is -3.45. The number of carbonyl (C=O) groups excluding carboxylic acids is 1. The fourth-order valence-corrected chi connectivity index (χ4v) is 7.01. The van der Waals surface area contributed by atoms with E-state index in [9.17, 15) is 4.79 Å². The lowest BCUT2D eigenvalue weighted by molar-refractivity contribution is -0.138. The first-order valence-corrected chi connectivity index (χ1v) is 15.2. The van der Waals surface area contributed by atoms with E-state index in [4.69, 9.17) is 16.0 Å². The third-order valence-corrected chi connectivity index (χ3v) is 9.86. The molecule has 2 aromatic heterocycles. The van der Waals surface area contributed by atoms with Gasteiger partial charge in [0, 0.05) is 90.3 Å². The molecular formula is C33H43N6O3+. The van der Waals surface area contributed by atoms with Crippen LogP contribution in [0.2, 0.25) is 0 Å². The van der Waals surface area contributed by atoms with E-state index in [1.807, 2.05) is 22.7 Å². The van der Waals surface area contributed by atoms with E-state index in [0.717, 1.165) is 93.9 Å². The SMILES string of the molecule is C#[N+]C1CC(C(=O)N2CCN(c3ccnn4cc(-c5ccc(C6(OC)CCN([C@H](C)COC)CC6)cc5)cc34)CC2)C1. The molecule has 1 aromatic carbocycles. The van der Waals surface area contributed by atoms with Gasteiger partial charge >= 0.3 is 0 Å². The molecule has 3 aromatic rings. The van der Waals surface area contributed by atoms with Crippen molar-refractivity contribution in [3.63, 3.8) is 0 Å². The number of benzene rings is 1. The molecule has 0 bridgehead atoms. The highest BCUT2D eigenvalue weighted by Crippen LogP contribution is 2.38. The lowest BCUT2D eigenvalue weighted by atomic mass is 9.79. The topological polar surface area (TPSA) is 66.9 Å². The second-order valence-electron chi connectivity index (χ2n) is 12.2. The maximum Gasteiger partial charge on any atom is 0.273 e. The number of hydrogen-bond donors (Lipinski definition) is 0. The number of carbonyl (C=O) groups is 1. The van der Waals surface area contributed by atoms with Crippen LogP contribution >= 0.6 is 0 Å². The fraction of sp³-hybridized carbons (Fsp3) is 0.545. The minimum atomic E-state index is -0.258. The average Bonchev–Trinajstić information content (AvgIpc) is 3.46. The Bertz CT molecular complexity index is 1420. The number of aromatic nitrogens is 2. The standard InChI is InChI=1S/C33H43N6O3/c1-24(23-41-3)36-13-10-33(42-4,11-14-36)28-7-5-25(6-8-28)27-21-31-30(9-12-35-39(31)22-27)37-15-17-38(18-16-37)32(40)26-19-29(20-26)34-2/h2,5-9,12,21-22,24,26,29H,10-11,13-20,23H2,1,3-4H3/q+1/t24-,26?,29?/m1/s1. The highest BCUT2D eigenvalue weighted by molar-refractivity contribution is 5.82. The van der Waals surface area contributed by atoms with Crippen LogP contribution in [-0.4, -0.2) is 97.5 Å². The van der Waals surface area contributed by atoms with Crippen molar-refractivity contribution >= 4 is 17.1 Å². The lowest BCUT2D eigenvalue weighted by Gasteiger charge is -2.43. The number of amides is 1. The fourth-order valence-electron chi connectivity index (χ4n) is 7.01. The summed E-state index contributed by atoms with van der Waals surface area (Å²) >= 11 is 0. The van der Waals surface area contributed by atoms with Crippen LogP contribution in [0, 0.1) is 12.5 Å². The van der Waals surface area contributed by atoms with E-state index in [-0.39, 0.29) is 23.5 Å². The molecule has 0 unspecified atom stereocenters. The Morgan fingerprint density at radius 1 is 1.05 bits per heavy atom. The van der Waals surface area contributed by atoms with Crippen molar-refractivity contribution in [2.24, 2.45) is 5.92 Å². The number of likely N-dealkylation sites (tertiary alicyclic amines) is 1. The Kier molecular flexibility index (Phi) is 8.22. The van der Waals surface area contributed by atoms with Crippen LogP contribution in [0.25, 0.3) is 21.5 Å². The van der Waals surface area contributed by atoms with Crippen LogP contribution in [0.15, 0.2) is 48.8 Å². The van der Waals surface area contributed by atoms with E-state index >= 15 is 0 Å². The first-order chi connectivity index (χ1) is 20.4. The van der Waals surface area contributed by atoms with E-state index in [1.165, 1.54) is 5.56 Å². The van der Waals surface area contributed by atoms with Gasteiger partial charge in [0.25, 0.3) is 12.6 Å². The molecule has 1 aliphatic carbocycles. The molecule has 1 atom stereocenters. The zero-order valence-electron chi connectivity index (χ0n) is 25.1. The number of piperazine rings is 1. The van der Waals surface area contributed by atoms with Gasteiger partial charge in [-0.1, -0.05) is 29.1 Å². The molecule has 2 aliphatic heterocycles. The molecule has 3 fully saturated rings. The highest BCUT2D eigenvalue weighted by atomic mass is 16.5. The van der Waals surface area contributed by atoms with Gasteiger partial charge in [0.1, 0.15) is 0 Å². The lowest BCUT2D eigenvalue weighted by Crippen LogP contribution is -2.52. The Balaban J connectivity index is 1.13. The zero-order chi connectivity index (χ0) is 29.3. The summed E-state index contributed by atoms with van der Waals surface area (Å²) in [6.07, 6.45) is 7.46. The minimum absolute atomic E-state index is 0.0808. The van der Waals surface area contributed by atoms with Crippen molar-refractivity contribution < 1.29 is 14.3 Å². The van der Waals surface area contributed by atoms with Gasteiger partial charge in [0.05, 0.1) is 29.3 Å². The van der Waals surface area contributed by atoms with Crippen LogP contribution < -0.4 is 4.90 Å². The summed E-state index contributed by atoms with van der Waals surface area (Å²) in [5.74, 6) is 0.335. The van der Waals surface area contributed by atoms with Crippen molar-refractivity contribution in [3.8, 4) is 17.7 Å². The smallest absolute Gasteiger partial charge is 0.273 e. The van der Waals surface area contributed by atoms with Gasteiger partial charge in [-0.2, -0.15) is 5.10 Å². The van der Waals surface area contributed by atoms with E-state index < -0.39 is 0 Å². The summed E-state index contributed by atoms with van der Waals surface area (Å²) in [7, 11) is 3.61. The van der Waals surface area contributed by atoms with Crippen LogP contribution in [0.4, 0.5) is 5.69 Å². The van der Waals surface area contributed by atoms with Gasteiger partial charge in [-0.15, -0.1) is 0 Å². The van der Waals surface area contributed by atoms with Crippen LogP contribution in [0.5, 0.6) is 0 Å².